The van der Waals surface area contributed by atoms with Crippen molar-refractivity contribution in [1.29, 1.82) is 0 Å². The molecule has 0 amide bonds. The third kappa shape index (κ3) is 2.81. The molecule has 1 N–H and O–H groups in total. The maximum atomic E-state index is 12.0. The minimum Gasteiger partial charge on any atom is -0.292 e. The number of nitrogens with one attached hydrogen (secondary N) is 1. The van der Waals surface area contributed by atoms with Gasteiger partial charge in [0, 0.05) is 18.9 Å². The van der Waals surface area contributed by atoms with Gasteiger partial charge in [-0.05, 0) is 34.5 Å². The molecular formula is C12H15BrN4O. The lowest BCUT2D eigenvalue weighted by Gasteiger charge is -2.10. The SMILES string of the molecule is CCCCn1ncc(Nn2cccc2)c(Br)c1=O. The molecule has 6 heteroatoms. The van der Waals surface area contributed by atoms with Crippen LogP contribution in [0.25, 0.3) is 0 Å². The van der Waals surface area contributed by atoms with E-state index in [0.717, 1.165) is 12.8 Å². The number of unbranched alkanes of at least 4 members (excludes halogenated alkanes) is 1. The number of aryl methyl sites for hydroxylation is 1. The van der Waals surface area contributed by atoms with Crippen molar-refractivity contribution in [3.05, 3.63) is 45.5 Å². The molecule has 5 nitrogen and oxygen atoms in total. The van der Waals surface area contributed by atoms with E-state index in [4.69, 9.17) is 0 Å². The van der Waals surface area contributed by atoms with Crippen LogP contribution in [0.5, 0.6) is 0 Å². The number of anilines is 1. The molecule has 0 bridgehead atoms. The number of rotatable bonds is 5. The van der Waals surface area contributed by atoms with Crippen LogP contribution in [0, 0.1) is 0 Å². The fraction of sp³-hybridized carbons (Fsp3) is 0.333. The van der Waals surface area contributed by atoms with Crippen molar-refractivity contribution < 1.29 is 0 Å². The fourth-order valence-electron chi connectivity index (χ4n) is 1.56. The summed E-state index contributed by atoms with van der Waals surface area (Å²) in [7, 11) is 0. The van der Waals surface area contributed by atoms with Gasteiger partial charge in [-0.15, -0.1) is 0 Å². The predicted molar refractivity (Wildman–Crippen MR) is 74.6 cm³/mol. The summed E-state index contributed by atoms with van der Waals surface area (Å²) in [6, 6.07) is 3.80. The lowest BCUT2D eigenvalue weighted by molar-refractivity contribution is 0.541. The van der Waals surface area contributed by atoms with Crippen molar-refractivity contribution in [3.8, 4) is 0 Å². The average molecular weight is 311 g/mol. The topological polar surface area (TPSA) is 51.9 Å². The molecule has 2 aromatic rings. The predicted octanol–water partition coefficient (Wildman–Crippen LogP) is 2.48. The minimum atomic E-state index is -0.111. The van der Waals surface area contributed by atoms with E-state index in [0.29, 0.717) is 16.7 Å². The Kier molecular flexibility index (Phi) is 4.19. The first-order valence-corrected chi connectivity index (χ1v) is 6.67. The molecule has 2 aromatic heterocycles. The summed E-state index contributed by atoms with van der Waals surface area (Å²) in [5.41, 5.74) is 3.62. The summed E-state index contributed by atoms with van der Waals surface area (Å²) >= 11 is 3.32. The first-order chi connectivity index (χ1) is 8.72. The molecule has 0 unspecified atom stereocenters. The lowest BCUT2D eigenvalue weighted by atomic mass is 10.3. The molecule has 2 rings (SSSR count). The number of hydrogen-bond acceptors (Lipinski definition) is 3. The summed E-state index contributed by atoms with van der Waals surface area (Å²) < 4.78 is 3.74. The molecule has 0 saturated carbocycles. The van der Waals surface area contributed by atoms with Crippen LogP contribution in [-0.4, -0.2) is 14.5 Å². The molecule has 0 radical (unpaired) electrons. The van der Waals surface area contributed by atoms with Crippen molar-refractivity contribution in [2.75, 3.05) is 5.43 Å². The van der Waals surface area contributed by atoms with Gasteiger partial charge in [-0.1, -0.05) is 13.3 Å². The quantitative estimate of drug-likeness (QED) is 0.923. The standard InChI is InChI=1S/C12H15BrN4O/c1-2-3-8-17-12(18)11(13)10(9-14-17)15-16-6-4-5-7-16/h4-7,9,15H,2-3,8H2,1H3. The minimum absolute atomic E-state index is 0.111. The molecule has 0 aliphatic heterocycles. The Hall–Kier alpha value is -1.56. The largest absolute Gasteiger partial charge is 0.292 e. The monoisotopic (exact) mass is 310 g/mol. The molecule has 0 saturated heterocycles. The van der Waals surface area contributed by atoms with Gasteiger partial charge in [-0.3, -0.25) is 14.9 Å². The number of halogens is 1. The highest BCUT2D eigenvalue weighted by Crippen LogP contribution is 2.16. The first kappa shape index (κ1) is 12.9. The summed E-state index contributed by atoms with van der Waals surface area (Å²) in [4.78, 5) is 12.0. The van der Waals surface area contributed by atoms with Crippen LogP contribution in [0.2, 0.25) is 0 Å². The molecule has 2 heterocycles. The molecule has 0 aliphatic rings. The number of nitrogens with zero attached hydrogens (tertiary/aromatic N) is 3. The second kappa shape index (κ2) is 5.86. The van der Waals surface area contributed by atoms with Gasteiger partial charge in [0.15, 0.2) is 0 Å². The van der Waals surface area contributed by atoms with Gasteiger partial charge in [-0.25, -0.2) is 4.68 Å². The summed E-state index contributed by atoms with van der Waals surface area (Å²) in [6.07, 6.45) is 7.35. The second-order valence-corrected chi connectivity index (χ2v) is 4.75. The Balaban J connectivity index is 2.23. The van der Waals surface area contributed by atoms with Crippen LogP contribution < -0.4 is 11.0 Å². The Morgan fingerprint density at radius 1 is 1.39 bits per heavy atom. The Morgan fingerprint density at radius 2 is 2.11 bits per heavy atom. The maximum absolute atomic E-state index is 12.0. The highest BCUT2D eigenvalue weighted by Gasteiger charge is 2.08. The molecular weight excluding hydrogens is 296 g/mol. The Bertz CT molecular complexity index is 562. The van der Waals surface area contributed by atoms with E-state index in [1.54, 1.807) is 10.9 Å². The van der Waals surface area contributed by atoms with Gasteiger partial charge in [0.25, 0.3) is 5.56 Å². The number of aromatic nitrogens is 3. The van der Waals surface area contributed by atoms with Crippen molar-refractivity contribution in [3.63, 3.8) is 0 Å². The molecule has 18 heavy (non-hydrogen) atoms. The van der Waals surface area contributed by atoms with Crippen LogP contribution in [0.3, 0.4) is 0 Å². The average Bonchev–Trinajstić information content (AvgIpc) is 2.87. The van der Waals surface area contributed by atoms with Gasteiger partial charge in [0.05, 0.1) is 11.9 Å². The van der Waals surface area contributed by atoms with E-state index in [2.05, 4.69) is 33.4 Å². The zero-order valence-electron chi connectivity index (χ0n) is 10.1. The second-order valence-electron chi connectivity index (χ2n) is 3.96. The van der Waals surface area contributed by atoms with Crippen LogP contribution in [-0.2, 0) is 6.54 Å². The van der Waals surface area contributed by atoms with E-state index in [1.165, 1.54) is 4.68 Å². The van der Waals surface area contributed by atoms with Gasteiger partial charge < -0.3 is 0 Å². The van der Waals surface area contributed by atoms with Crippen molar-refractivity contribution in [2.45, 2.75) is 26.3 Å². The highest BCUT2D eigenvalue weighted by atomic mass is 79.9. The molecule has 0 aromatic carbocycles. The molecule has 0 fully saturated rings. The molecule has 0 spiro atoms. The van der Waals surface area contributed by atoms with Gasteiger partial charge in [0.2, 0.25) is 0 Å². The van der Waals surface area contributed by atoms with Crippen LogP contribution in [0.4, 0.5) is 5.69 Å². The van der Waals surface area contributed by atoms with Gasteiger partial charge >= 0.3 is 0 Å². The van der Waals surface area contributed by atoms with Crippen molar-refractivity contribution in [1.82, 2.24) is 14.5 Å². The van der Waals surface area contributed by atoms with Gasteiger partial charge in [0.1, 0.15) is 4.47 Å². The third-order valence-electron chi connectivity index (χ3n) is 2.56. The first-order valence-electron chi connectivity index (χ1n) is 5.88. The smallest absolute Gasteiger partial charge is 0.283 e. The molecule has 0 aliphatic carbocycles. The number of hydrogen-bond donors (Lipinski definition) is 1. The van der Waals surface area contributed by atoms with E-state index in [9.17, 15) is 4.79 Å². The third-order valence-corrected chi connectivity index (χ3v) is 3.33. The van der Waals surface area contributed by atoms with Gasteiger partial charge in [-0.2, -0.15) is 5.10 Å². The van der Waals surface area contributed by atoms with Crippen molar-refractivity contribution >= 4 is 21.6 Å². The molecule has 96 valence electrons. The Morgan fingerprint density at radius 3 is 2.78 bits per heavy atom. The summed E-state index contributed by atoms with van der Waals surface area (Å²) in [6.45, 7) is 2.74. The Labute approximate surface area is 114 Å². The van der Waals surface area contributed by atoms with E-state index < -0.39 is 0 Å². The summed E-state index contributed by atoms with van der Waals surface area (Å²) in [5, 5.41) is 4.16. The van der Waals surface area contributed by atoms with E-state index in [-0.39, 0.29) is 5.56 Å². The lowest BCUT2D eigenvalue weighted by Crippen LogP contribution is -2.25. The normalized spacial score (nSPS) is 10.6. The van der Waals surface area contributed by atoms with Crippen LogP contribution in [0.15, 0.2) is 40.0 Å². The van der Waals surface area contributed by atoms with E-state index in [1.807, 2.05) is 24.5 Å². The fourth-order valence-corrected chi connectivity index (χ4v) is 1.95. The van der Waals surface area contributed by atoms with Crippen LogP contribution >= 0.6 is 15.9 Å². The highest BCUT2D eigenvalue weighted by molar-refractivity contribution is 9.10. The zero-order chi connectivity index (χ0) is 13.0. The van der Waals surface area contributed by atoms with Crippen molar-refractivity contribution in [2.24, 2.45) is 0 Å². The zero-order valence-corrected chi connectivity index (χ0v) is 11.7. The van der Waals surface area contributed by atoms with E-state index >= 15 is 0 Å². The van der Waals surface area contributed by atoms with Crippen LogP contribution in [0.1, 0.15) is 19.8 Å². The summed E-state index contributed by atoms with van der Waals surface area (Å²) in [5.74, 6) is 0. The molecule has 0 atom stereocenters. The maximum Gasteiger partial charge on any atom is 0.283 e.